The van der Waals surface area contributed by atoms with Gasteiger partial charge in [0.05, 0.1) is 11.6 Å². The molecule has 1 aromatic rings. The van der Waals surface area contributed by atoms with Gasteiger partial charge >= 0.3 is 0 Å². The first-order chi connectivity index (χ1) is 9.72. The van der Waals surface area contributed by atoms with E-state index in [4.69, 9.17) is 17.5 Å². The molecule has 1 fully saturated rings. The molecule has 1 N–H and O–H groups in total. The molecule has 1 aliphatic heterocycles. The average molecular weight is 288 g/mol. The summed E-state index contributed by atoms with van der Waals surface area (Å²) in [7, 11) is 0. The van der Waals surface area contributed by atoms with Crippen LogP contribution in [0.25, 0.3) is 0 Å². The molecule has 1 saturated heterocycles. The first kappa shape index (κ1) is 14.8. The van der Waals surface area contributed by atoms with Gasteiger partial charge in [-0.2, -0.15) is 5.26 Å². The number of hydrogen-bond donors (Lipinski definition) is 1. The van der Waals surface area contributed by atoms with Crippen molar-refractivity contribution in [1.29, 1.82) is 5.26 Å². The number of hydrogen-bond acceptors (Lipinski definition) is 3. The standard InChI is InChI=1S/C15H20N4S/c1-2-17-15(20)19-9-7-18(8-10-19)12-14-5-3-13(11-16)4-6-14/h3-6H,2,7-10,12H2,1H3,(H,17,20). The summed E-state index contributed by atoms with van der Waals surface area (Å²) < 4.78 is 0. The van der Waals surface area contributed by atoms with Crippen LogP contribution in [-0.4, -0.2) is 47.6 Å². The van der Waals surface area contributed by atoms with E-state index in [0.717, 1.165) is 49.9 Å². The molecule has 0 unspecified atom stereocenters. The number of nitrogens with zero attached hydrogens (tertiary/aromatic N) is 3. The number of nitriles is 1. The number of piperazine rings is 1. The Balaban J connectivity index is 1.82. The maximum absolute atomic E-state index is 8.79. The first-order valence-electron chi connectivity index (χ1n) is 6.97. The molecule has 0 spiro atoms. The maximum Gasteiger partial charge on any atom is 0.169 e. The second-order valence-electron chi connectivity index (χ2n) is 4.91. The van der Waals surface area contributed by atoms with Gasteiger partial charge in [0.15, 0.2) is 5.11 Å². The van der Waals surface area contributed by atoms with E-state index >= 15 is 0 Å². The van der Waals surface area contributed by atoms with E-state index < -0.39 is 0 Å². The van der Waals surface area contributed by atoms with E-state index in [-0.39, 0.29) is 0 Å². The highest BCUT2D eigenvalue weighted by molar-refractivity contribution is 7.80. The van der Waals surface area contributed by atoms with Crippen LogP contribution in [0, 0.1) is 11.3 Å². The second kappa shape index (κ2) is 7.22. The van der Waals surface area contributed by atoms with Crippen LogP contribution in [0.15, 0.2) is 24.3 Å². The molecule has 2 rings (SSSR count). The lowest BCUT2D eigenvalue weighted by molar-refractivity contribution is 0.174. The van der Waals surface area contributed by atoms with Gasteiger partial charge in [-0.05, 0) is 36.8 Å². The van der Waals surface area contributed by atoms with Gasteiger partial charge in [0.2, 0.25) is 0 Å². The Kier molecular flexibility index (Phi) is 5.33. The van der Waals surface area contributed by atoms with Crippen LogP contribution in [0.5, 0.6) is 0 Å². The van der Waals surface area contributed by atoms with E-state index in [9.17, 15) is 0 Å². The van der Waals surface area contributed by atoms with Crippen LogP contribution in [0.2, 0.25) is 0 Å². The van der Waals surface area contributed by atoms with Gasteiger partial charge in [0, 0.05) is 39.3 Å². The van der Waals surface area contributed by atoms with Crippen LogP contribution in [0.3, 0.4) is 0 Å². The van der Waals surface area contributed by atoms with Gasteiger partial charge in [0.25, 0.3) is 0 Å². The number of thiocarbonyl (C=S) groups is 1. The summed E-state index contributed by atoms with van der Waals surface area (Å²) >= 11 is 5.33. The largest absolute Gasteiger partial charge is 0.363 e. The number of rotatable bonds is 3. The summed E-state index contributed by atoms with van der Waals surface area (Å²) in [6.45, 7) is 7.87. The van der Waals surface area contributed by atoms with E-state index in [1.54, 1.807) is 0 Å². The van der Waals surface area contributed by atoms with Crippen molar-refractivity contribution in [3.8, 4) is 6.07 Å². The molecule has 0 saturated carbocycles. The van der Waals surface area contributed by atoms with Crippen molar-refractivity contribution in [1.82, 2.24) is 15.1 Å². The Bertz CT molecular complexity index is 484. The van der Waals surface area contributed by atoms with Crippen molar-refractivity contribution in [3.63, 3.8) is 0 Å². The van der Waals surface area contributed by atoms with E-state index in [0.29, 0.717) is 0 Å². The fourth-order valence-corrected chi connectivity index (χ4v) is 2.64. The van der Waals surface area contributed by atoms with Crippen molar-refractivity contribution in [3.05, 3.63) is 35.4 Å². The molecular formula is C15H20N4S. The van der Waals surface area contributed by atoms with Crippen molar-refractivity contribution >= 4 is 17.3 Å². The lowest BCUT2D eigenvalue weighted by atomic mass is 10.1. The predicted molar refractivity (Wildman–Crippen MR) is 84.3 cm³/mol. The third-order valence-electron chi connectivity index (χ3n) is 3.48. The molecule has 1 aromatic carbocycles. The van der Waals surface area contributed by atoms with Crippen molar-refractivity contribution in [2.24, 2.45) is 0 Å². The highest BCUT2D eigenvalue weighted by Crippen LogP contribution is 2.10. The summed E-state index contributed by atoms with van der Waals surface area (Å²) in [4.78, 5) is 4.65. The van der Waals surface area contributed by atoms with E-state index in [1.165, 1.54) is 5.56 Å². The third-order valence-corrected chi connectivity index (χ3v) is 3.88. The Morgan fingerprint density at radius 1 is 1.25 bits per heavy atom. The van der Waals surface area contributed by atoms with Crippen LogP contribution in [0.1, 0.15) is 18.1 Å². The highest BCUT2D eigenvalue weighted by atomic mass is 32.1. The minimum atomic E-state index is 0.717. The second-order valence-corrected chi connectivity index (χ2v) is 5.29. The van der Waals surface area contributed by atoms with Gasteiger partial charge in [-0.1, -0.05) is 12.1 Å². The van der Waals surface area contributed by atoms with Crippen molar-refractivity contribution in [2.45, 2.75) is 13.5 Å². The molecule has 20 heavy (non-hydrogen) atoms. The zero-order valence-electron chi connectivity index (χ0n) is 11.8. The molecule has 0 atom stereocenters. The molecule has 106 valence electrons. The molecule has 0 aromatic heterocycles. The Morgan fingerprint density at radius 3 is 2.45 bits per heavy atom. The van der Waals surface area contributed by atoms with Gasteiger partial charge < -0.3 is 10.2 Å². The highest BCUT2D eigenvalue weighted by Gasteiger charge is 2.18. The SMILES string of the molecule is CCNC(=S)N1CCN(Cc2ccc(C#N)cc2)CC1. The lowest BCUT2D eigenvalue weighted by Crippen LogP contribution is -2.51. The molecule has 1 heterocycles. The molecule has 0 amide bonds. The fraction of sp³-hybridized carbons (Fsp3) is 0.467. The van der Waals surface area contributed by atoms with E-state index in [1.807, 2.05) is 24.3 Å². The van der Waals surface area contributed by atoms with Crippen LogP contribution in [-0.2, 0) is 6.54 Å². The van der Waals surface area contributed by atoms with Crippen LogP contribution in [0.4, 0.5) is 0 Å². The minimum Gasteiger partial charge on any atom is -0.363 e. The van der Waals surface area contributed by atoms with Gasteiger partial charge in [-0.3, -0.25) is 4.90 Å². The first-order valence-corrected chi connectivity index (χ1v) is 7.38. The average Bonchev–Trinajstić information content (AvgIpc) is 2.49. The number of benzene rings is 1. The Labute approximate surface area is 126 Å². The van der Waals surface area contributed by atoms with Gasteiger partial charge in [-0.25, -0.2) is 0 Å². The number of nitrogens with one attached hydrogen (secondary N) is 1. The minimum absolute atomic E-state index is 0.717. The molecule has 0 aliphatic carbocycles. The monoisotopic (exact) mass is 288 g/mol. The summed E-state index contributed by atoms with van der Waals surface area (Å²) in [5, 5.41) is 12.9. The summed E-state index contributed by atoms with van der Waals surface area (Å²) in [6, 6.07) is 9.98. The summed E-state index contributed by atoms with van der Waals surface area (Å²) in [5.41, 5.74) is 1.97. The van der Waals surface area contributed by atoms with Gasteiger partial charge in [0.1, 0.15) is 0 Å². The molecule has 4 nitrogen and oxygen atoms in total. The smallest absolute Gasteiger partial charge is 0.169 e. The molecular weight excluding hydrogens is 268 g/mol. The van der Waals surface area contributed by atoms with E-state index in [2.05, 4.69) is 28.1 Å². The van der Waals surface area contributed by atoms with Crippen LogP contribution < -0.4 is 5.32 Å². The van der Waals surface area contributed by atoms with Gasteiger partial charge in [-0.15, -0.1) is 0 Å². The zero-order chi connectivity index (χ0) is 14.4. The quantitative estimate of drug-likeness (QED) is 0.855. The lowest BCUT2D eigenvalue weighted by Gasteiger charge is -2.36. The van der Waals surface area contributed by atoms with Crippen molar-refractivity contribution in [2.75, 3.05) is 32.7 Å². The molecule has 0 bridgehead atoms. The zero-order valence-corrected chi connectivity index (χ0v) is 12.6. The third kappa shape index (κ3) is 3.92. The summed E-state index contributed by atoms with van der Waals surface area (Å²) in [6.07, 6.45) is 0. The summed E-state index contributed by atoms with van der Waals surface area (Å²) in [5.74, 6) is 0. The normalized spacial score (nSPS) is 15.7. The maximum atomic E-state index is 8.79. The predicted octanol–water partition coefficient (Wildman–Crippen LogP) is 1.57. The van der Waals surface area contributed by atoms with Crippen LogP contribution >= 0.6 is 12.2 Å². The molecule has 1 aliphatic rings. The molecule has 0 radical (unpaired) electrons. The topological polar surface area (TPSA) is 42.3 Å². The fourth-order valence-electron chi connectivity index (χ4n) is 2.31. The van der Waals surface area contributed by atoms with Crippen molar-refractivity contribution < 1.29 is 0 Å². The Hall–Kier alpha value is -1.64. The molecule has 5 heteroatoms. The Morgan fingerprint density at radius 2 is 1.90 bits per heavy atom.